The Bertz CT molecular complexity index is 348. The largest absolute Gasteiger partial charge is 0.368 e. The predicted molar refractivity (Wildman–Crippen MR) is 60.2 cm³/mol. The van der Waals surface area contributed by atoms with Gasteiger partial charge in [-0.3, -0.25) is 0 Å². The van der Waals surface area contributed by atoms with E-state index < -0.39 is 0 Å². The molecule has 0 saturated heterocycles. The van der Waals surface area contributed by atoms with Crippen LogP contribution in [-0.4, -0.2) is 23.6 Å². The van der Waals surface area contributed by atoms with Crippen molar-refractivity contribution in [2.45, 2.75) is 12.8 Å². The molecule has 0 radical (unpaired) electrons. The van der Waals surface area contributed by atoms with Gasteiger partial charge in [0, 0.05) is 19.7 Å². The van der Waals surface area contributed by atoms with Crippen LogP contribution in [0.4, 0.5) is 17.6 Å². The van der Waals surface area contributed by atoms with Crippen molar-refractivity contribution < 1.29 is 0 Å². The predicted octanol–water partition coefficient (Wildman–Crippen LogP) is 0.191. The summed E-state index contributed by atoms with van der Waals surface area (Å²) in [5.74, 6) is 7.68. The topological polar surface area (TPSA) is 93.1 Å². The van der Waals surface area contributed by atoms with E-state index in [1.165, 1.54) is 12.8 Å². The summed E-state index contributed by atoms with van der Waals surface area (Å²) < 4.78 is 0. The maximum atomic E-state index is 5.57. The van der Waals surface area contributed by atoms with Crippen LogP contribution in [0.2, 0.25) is 0 Å². The first-order chi connectivity index (χ1) is 7.19. The van der Waals surface area contributed by atoms with Crippen molar-refractivity contribution >= 4 is 17.6 Å². The van der Waals surface area contributed by atoms with Gasteiger partial charge in [0.1, 0.15) is 11.6 Å². The molecule has 1 saturated carbocycles. The zero-order valence-corrected chi connectivity index (χ0v) is 8.77. The van der Waals surface area contributed by atoms with Gasteiger partial charge < -0.3 is 16.1 Å². The minimum atomic E-state index is 0.239. The quantitative estimate of drug-likeness (QED) is 0.483. The molecule has 1 aromatic rings. The van der Waals surface area contributed by atoms with Gasteiger partial charge in [-0.1, -0.05) is 0 Å². The number of hydrazine groups is 1. The normalized spacial score (nSPS) is 15.1. The number of nitrogens with two attached hydrogens (primary N) is 2. The first kappa shape index (κ1) is 9.97. The highest BCUT2D eigenvalue weighted by Crippen LogP contribution is 2.30. The lowest BCUT2D eigenvalue weighted by molar-refractivity contribution is 0.776. The molecule has 2 rings (SSSR count). The summed E-state index contributed by atoms with van der Waals surface area (Å²) >= 11 is 0. The number of nitrogens with zero attached hydrogens (tertiary/aromatic N) is 3. The fraction of sp³-hybridized carbons (Fsp3) is 0.556. The van der Waals surface area contributed by atoms with Gasteiger partial charge in [0.25, 0.3) is 0 Å². The van der Waals surface area contributed by atoms with Crippen LogP contribution in [0.15, 0.2) is 6.07 Å². The van der Waals surface area contributed by atoms with E-state index in [0.29, 0.717) is 5.82 Å². The zero-order valence-electron chi connectivity index (χ0n) is 8.77. The van der Waals surface area contributed by atoms with Crippen LogP contribution in [-0.2, 0) is 0 Å². The summed E-state index contributed by atoms with van der Waals surface area (Å²) in [6, 6.07) is 1.79. The van der Waals surface area contributed by atoms with E-state index in [2.05, 4.69) is 20.3 Å². The van der Waals surface area contributed by atoms with Crippen molar-refractivity contribution in [1.82, 2.24) is 9.97 Å². The molecule has 1 heterocycles. The van der Waals surface area contributed by atoms with Crippen LogP contribution >= 0.6 is 0 Å². The summed E-state index contributed by atoms with van der Waals surface area (Å²) in [5.41, 5.74) is 8.05. The Balaban J connectivity index is 2.13. The van der Waals surface area contributed by atoms with Crippen LogP contribution in [0.5, 0.6) is 0 Å². The number of rotatable bonds is 4. The first-order valence-corrected chi connectivity index (χ1v) is 5.01. The fourth-order valence-corrected chi connectivity index (χ4v) is 1.50. The lowest BCUT2D eigenvalue weighted by Gasteiger charge is -2.18. The van der Waals surface area contributed by atoms with Gasteiger partial charge in [-0.2, -0.15) is 9.97 Å². The molecule has 0 aromatic carbocycles. The Morgan fingerprint density at radius 1 is 1.53 bits per heavy atom. The lowest BCUT2D eigenvalue weighted by Crippen LogP contribution is -2.22. The second kappa shape index (κ2) is 3.90. The van der Waals surface area contributed by atoms with E-state index in [0.717, 1.165) is 18.3 Å². The Labute approximate surface area is 88.6 Å². The second-order valence-electron chi connectivity index (χ2n) is 3.94. The molecule has 0 spiro atoms. The molecule has 15 heavy (non-hydrogen) atoms. The van der Waals surface area contributed by atoms with Crippen molar-refractivity contribution in [3.05, 3.63) is 6.07 Å². The number of nitrogen functional groups attached to an aromatic ring is 2. The van der Waals surface area contributed by atoms with Gasteiger partial charge in [-0.15, -0.1) is 0 Å². The smallest absolute Gasteiger partial charge is 0.223 e. The van der Waals surface area contributed by atoms with Crippen LogP contribution in [0.25, 0.3) is 0 Å². The maximum Gasteiger partial charge on any atom is 0.223 e. The average molecular weight is 208 g/mol. The van der Waals surface area contributed by atoms with Crippen LogP contribution < -0.4 is 21.9 Å². The van der Waals surface area contributed by atoms with Crippen molar-refractivity contribution in [3.8, 4) is 0 Å². The van der Waals surface area contributed by atoms with Gasteiger partial charge in [0.05, 0.1) is 0 Å². The van der Waals surface area contributed by atoms with Crippen molar-refractivity contribution in [1.29, 1.82) is 0 Å². The molecule has 0 unspecified atom stereocenters. The number of anilines is 3. The van der Waals surface area contributed by atoms with Crippen LogP contribution in [0.1, 0.15) is 12.8 Å². The molecule has 1 fully saturated rings. The molecule has 0 amide bonds. The number of hydrogen-bond acceptors (Lipinski definition) is 6. The van der Waals surface area contributed by atoms with E-state index in [-0.39, 0.29) is 5.95 Å². The summed E-state index contributed by atoms with van der Waals surface area (Å²) in [5, 5.41) is 0. The highest BCUT2D eigenvalue weighted by atomic mass is 15.3. The van der Waals surface area contributed by atoms with E-state index in [9.17, 15) is 0 Å². The van der Waals surface area contributed by atoms with E-state index in [1.807, 2.05) is 7.05 Å². The third-order valence-corrected chi connectivity index (χ3v) is 2.50. The van der Waals surface area contributed by atoms with E-state index in [1.54, 1.807) is 6.07 Å². The summed E-state index contributed by atoms with van der Waals surface area (Å²) in [6.45, 7) is 1.01. The highest BCUT2D eigenvalue weighted by molar-refractivity contribution is 5.51. The van der Waals surface area contributed by atoms with Crippen molar-refractivity contribution in [2.75, 3.05) is 29.7 Å². The average Bonchev–Trinajstić information content (AvgIpc) is 3.00. The molecule has 1 aliphatic carbocycles. The minimum Gasteiger partial charge on any atom is -0.368 e. The Morgan fingerprint density at radius 2 is 2.27 bits per heavy atom. The molecule has 6 heteroatoms. The van der Waals surface area contributed by atoms with Gasteiger partial charge in [-0.25, -0.2) is 5.84 Å². The monoisotopic (exact) mass is 208 g/mol. The summed E-state index contributed by atoms with van der Waals surface area (Å²) in [6.07, 6.45) is 2.62. The van der Waals surface area contributed by atoms with Crippen LogP contribution in [0, 0.1) is 5.92 Å². The SMILES string of the molecule is CN(CC1CC1)c1cc(NN)nc(N)n1. The summed E-state index contributed by atoms with van der Waals surface area (Å²) in [4.78, 5) is 10.2. The van der Waals surface area contributed by atoms with Crippen molar-refractivity contribution in [3.63, 3.8) is 0 Å². The van der Waals surface area contributed by atoms with Gasteiger partial charge in [-0.05, 0) is 18.8 Å². The third kappa shape index (κ3) is 2.47. The molecule has 1 aromatic heterocycles. The molecule has 5 N–H and O–H groups in total. The van der Waals surface area contributed by atoms with E-state index in [4.69, 9.17) is 11.6 Å². The molecule has 6 nitrogen and oxygen atoms in total. The van der Waals surface area contributed by atoms with Gasteiger partial charge in [0.15, 0.2) is 0 Å². The number of aromatic nitrogens is 2. The zero-order chi connectivity index (χ0) is 10.8. The Hall–Kier alpha value is -1.56. The standard InChI is InChI=1S/C9H16N6/c1-15(5-6-2-3-6)8-4-7(14-11)12-9(10)13-8/h4,6H,2-3,5,11H2,1H3,(H3,10,12,13,14). The second-order valence-corrected chi connectivity index (χ2v) is 3.94. The Kier molecular flexibility index (Phi) is 2.59. The molecular weight excluding hydrogens is 192 g/mol. The number of nitrogens with one attached hydrogen (secondary N) is 1. The minimum absolute atomic E-state index is 0.239. The third-order valence-electron chi connectivity index (χ3n) is 2.50. The van der Waals surface area contributed by atoms with Gasteiger partial charge in [0.2, 0.25) is 5.95 Å². The Morgan fingerprint density at radius 3 is 2.87 bits per heavy atom. The van der Waals surface area contributed by atoms with Gasteiger partial charge >= 0.3 is 0 Å². The summed E-state index contributed by atoms with van der Waals surface area (Å²) in [7, 11) is 2.00. The number of hydrogen-bond donors (Lipinski definition) is 3. The molecule has 82 valence electrons. The first-order valence-electron chi connectivity index (χ1n) is 5.01. The fourth-order valence-electron chi connectivity index (χ4n) is 1.50. The van der Waals surface area contributed by atoms with Crippen molar-refractivity contribution in [2.24, 2.45) is 11.8 Å². The molecule has 0 bridgehead atoms. The molecular formula is C9H16N6. The highest BCUT2D eigenvalue weighted by Gasteiger charge is 2.23. The van der Waals surface area contributed by atoms with E-state index >= 15 is 0 Å². The molecule has 0 atom stereocenters. The van der Waals surface area contributed by atoms with Crippen LogP contribution in [0.3, 0.4) is 0 Å². The lowest BCUT2D eigenvalue weighted by atomic mass is 10.4. The molecule has 0 aliphatic heterocycles. The maximum absolute atomic E-state index is 5.57. The molecule has 1 aliphatic rings.